The van der Waals surface area contributed by atoms with Crippen LogP contribution in [-0.4, -0.2) is 15.3 Å². The Labute approximate surface area is 120 Å². The Balaban J connectivity index is 3.68. The zero-order valence-electron chi connectivity index (χ0n) is 12.4. The average Bonchev–Trinajstić information content (AvgIpc) is 2.11. The lowest BCUT2D eigenvalue weighted by Crippen LogP contribution is -2.25. The van der Waals surface area contributed by atoms with Gasteiger partial charge in [0.25, 0.3) is 0 Å². The van der Waals surface area contributed by atoms with Crippen LogP contribution in [0.2, 0.25) is 0 Å². The van der Waals surface area contributed by atoms with Crippen molar-refractivity contribution in [2.75, 3.05) is 0 Å². The molecular weight excluding hydrogens is 260 g/mol. The maximum atomic E-state index is 10.2. The predicted molar refractivity (Wildman–Crippen MR) is 79.4 cm³/mol. The van der Waals surface area contributed by atoms with Crippen LogP contribution in [0.25, 0.3) is 0 Å². The van der Waals surface area contributed by atoms with Crippen molar-refractivity contribution in [3.8, 4) is 0 Å². The highest BCUT2D eigenvalue weighted by Gasteiger charge is 2.30. The van der Waals surface area contributed by atoms with E-state index < -0.39 is 16.8 Å². The molecule has 0 spiro atoms. The van der Waals surface area contributed by atoms with E-state index in [0.717, 1.165) is 0 Å². The van der Waals surface area contributed by atoms with Gasteiger partial charge in [0.2, 0.25) is 0 Å². The molecule has 0 saturated heterocycles. The van der Waals surface area contributed by atoms with Crippen LogP contribution in [0.1, 0.15) is 58.2 Å². The van der Waals surface area contributed by atoms with Crippen molar-refractivity contribution in [3.63, 3.8) is 0 Å². The molecule has 0 bridgehead atoms. The summed E-state index contributed by atoms with van der Waals surface area (Å²) >= 11 is 4.44. The summed E-state index contributed by atoms with van der Waals surface area (Å²) in [5.74, 6) is 0. The van der Waals surface area contributed by atoms with Gasteiger partial charge in [-0.25, -0.2) is 0 Å². The van der Waals surface area contributed by atoms with Gasteiger partial charge >= 0.3 is 0 Å². The summed E-state index contributed by atoms with van der Waals surface area (Å²) in [5, 5.41) is 30.6. The third-order valence-electron chi connectivity index (χ3n) is 3.13. The van der Waals surface area contributed by atoms with E-state index in [2.05, 4.69) is 12.6 Å². The number of aliphatic hydroxyl groups is 3. The molecule has 0 heterocycles. The Morgan fingerprint density at radius 1 is 0.737 bits per heavy atom. The zero-order valence-corrected chi connectivity index (χ0v) is 13.3. The lowest BCUT2D eigenvalue weighted by Gasteiger charge is -2.30. The standard InChI is InChI=1S/C15H24O3S/c1-13(2,16)9-7-10(14(3,4)17)12(19)11(8-9)15(5,6)18/h7-8,16-19H,1-6H3. The Morgan fingerprint density at radius 3 is 1.26 bits per heavy atom. The molecule has 0 fully saturated rings. The highest BCUT2D eigenvalue weighted by Crippen LogP contribution is 2.37. The minimum absolute atomic E-state index is 0.549. The van der Waals surface area contributed by atoms with Crippen LogP contribution in [0, 0.1) is 0 Å². The highest BCUT2D eigenvalue weighted by atomic mass is 32.1. The number of thiol groups is 1. The Bertz CT molecular complexity index is 439. The minimum atomic E-state index is -1.10. The predicted octanol–water partition coefficient (Wildman–Crippen LogP) is 2.66. The fourth-order valence-electron chi connectivity index (χ4n) is 1.92. The highest BCUT2D eigenvalue weighted by molar-refractivity contribution is 7.80. The van der Waals surface area contributed by atoms with Crippen molar-refractivity contribution >= 4 is 12.6 Å². The van der Waals surface area contributed by atoms with Gasteiger partial charge in [0, 0.05) is 4.90 Å². The smallest absolute Gasteiger partial charge is 0.0851 e. The molecule has 4 heteroatoms. The van der Waals surface area contributed by atoms with E-state index in [4.69, 9.17) is 0 Å². The summed E-state index contributed by atoms with van der Waals surface area (Å²) in [6, 6.07) is 3.47. The van der Waals surface area contributed by atoms with Crippen molar-refractivity contribution in [1.29, 1.82) is 0 Å². The second-order valence-electron chi connectivity index (χ2n) is 6.60. The maximum Gasteiger partial charge on any atom is 0.0851 e. The summed E-state index contributed by atoms with van der Waals surface area (Å²) in [4.78, 5) is 0.549. The van der Waals surface area contributed by atoms with Gasteiger partial charge in [0.05, 0.1) is 16.8 Å². The monoisotopic (exact) mass is 284 g/mol. The van der Waals surface area contributed by atoms with Crippen LogP contribution in [0.3, 0.4) is 0 Å². The first-order valence-electron chi connectivity index (χ1n) is 6.30. The molecule has 0 aromatic heterocycles. The first-order valence-corrected chi connectivity index (χ1v) is 6.75. The van der Waals surface area contributed by atoms with Gasteiger partial charge in [-0.3, -0.25) is 0 Å². The van der Waals surface area contributed by atoms with Crippen LogP contribution < -0.4 is 0 Å². The van der Waals surface area contributed by atoms with Gasteiger partial charge in [-0.2, -0.15) is 0 Å². The summed E-state index contributed by atoms with van der Waals surface area (Å²) in [5.41, 5.74) is -1.43. The van der Waals surface area contributed by atoms with E-state index in [-0.39, 0.29) is 0 Å². The van der Waals surface area contributed by atoms with Crippen molar-refractivity contribution in [2.45, 2.75) is 63.2 Å². The van der Waals surface area contributed by atoms with Crippen molar-refractivity contribution in [1.82, 2.24) is 0 Å². The molecule has 0 saturated carbocycles. The molecule has 0 aliphatic carbocycles. The quantitative estimate of drug-likeness (QED) is 0.645. The van der Waals surface area contributed by atoms with Crippen molar-refractivity contribution in [2.24, 2.45) is 0 Å². The minimum Gasteiger partial charge on any atom is -0.386 e. The largest absolute Gasteiger partial charge is 0.386 e. The maximum absolute atomic E-state index is 10.2. The molecule has 0 aliphatic heterocycles. The molecule has 108 valence electrons. The molecule has 0 unspecified atom stereocenters. The second kappa shape index (κ2) is 4.77. The van der Waals surface area contributed by atoms with Gasteiger partial charge in [-0.1, -0.05) is 0 Å². The van der Waals surface area contributed by atoms with E-state index >= 15 is 0 Å². The van der Waals surface area contributed by atoms with Crippen LogP contribution >= 0.6 is 12.6 Å². The summed E-state index contributed by atoms with van der Waals surface area (Å²) in [7, 11) is 0. The molecule has 0 atom stereocenters. The summed E-state index contributed by atoms with van der Waals surface area (Å²) in [6.45, 7) is 9.97. The Kier molecular flexibility index (Phi) is 4.15. The Morgan fingerprint density at radius 2 is 1.05 bits per heavy atom. The van der Waals surface area contributed by atoms with Gasteiger partial charge < -0.3 is 15.3 Å². The first-order chi connectivity index (χ1) is 8.24. The summed E-state index contributed by atoms with van der Waals surface area (Å²) < 4.78 is 0. The first kappa shape index (κ1) is 16.5. The topological polar surface area (TPSA) is 60.7 Å². The van der Waals surface area contributed by atoms with Gasteiger partial charge in [-0.15, -0.1) is 12.6 Å². The average molecular weight is 284 g/mol. The SMILES string of the molecule is CC(C)(O)c1cc(C(C)(C)O)c(S)c(C(C)(C)O)c1. The van der Waals surface area contributed by atoms with Crippen molar-refractivity contribution < 1.29 is 15.3 Å². The molecule has 19 heavy (non-hydrogen) atoms. The third-order valence-corrected chi connectivity index (χ3v) is 3.62. The zero-order chi connectivity index (χ0) is 15.2. The molecule has 3 nitrogen and oxygen atoms in total. The lowest BCUT2D eigenvalue weighted by molar-refractivity contribution is 0.0607. The molecule has 0 aliphatic rings. The van der Waals surface area contributed by atoms with Crippen LogP contribution in [-0.2, 0) is 16.8 Å². The molecular formula is C15H24O3S. The van der Waals surface area contributed by atoms with E-state index in [1.54, 1.807) is 53.7 Å². The van der Waals surface area contributed by atoms with E-state index in [1.165, 1.54) is 0 Å². The van der Waals surface area contributed by atoms with Crippen LogP contribution in [0.4, 0.5) is 0 Å². The fourth-order valence-corrected chi connectivity index (χ4v) is 2.60. The Hall–Kier alpha value is -0.550. The molecule has 0 amide bonds. The molecule has 1 aromatic carbocycles. The molecule has 0 radical (unpaired) electrons. The summed E-state index contributed by atoms with van der Waals surface area (Å²) in [6.07, 6.45) is 0. The second-order valence-corrected chi connectivity index (χ2v) is 7.04. The molecule has 3 N–H and O–H groups in total. The number of rotatable bonds is 3. The van der Waals surface area contributed by atoms with Crippen LogP contribution in [0.5, 0.6) is 0 Å². The van der Waals surface area contributed by atoms with E-state index in [0.29, 0.717) is 21.6 Å². The van der Waals surface area contributed by atoms with Crippen LogP contribution in [0.15, 0.2) is 17.0 Å². The van der Waals surface area contributed by atoms with Crippen molar-refractivity contribution in [3.05, 3.63) is 28.8 Å². The molecule has 1 rings (SSSR count). The fraction of sp³-hybridized carbons (Fsp3) is 0.600. The third kappa shape index (κ3) is 3.72. The van der Waals surface area contributed by atoms with E-state index in [1.807, 2.05) is 0 Å². The number of benzene rings is 1. The van der Waals surface area contributed by atoms with E-state index in [9.17, 15) is 15.3 Å². The number of hydrogen-bond donors (Lipinski definition) is 4. The van der Waals surface area contributed by atoms with Gasteiger partial charge in [-0.05, 0) is 70.4 Å². The lowest BCUT2D eigenvalue weighted by atomic mass is 9.85. The van der Waals surface area contributed by atoms with Gasteiger partial charge in [0.15, 0.2) is 0 Å². The normalized spacial score (nSPS) is 13.8. The van der Waals surface area contributed by atoms with Gasteiger partial charge in [0.1, 0.15) is 0 Å². The number of hydrogen-bond acceptors (Lipinski definition) is 4. The molecule has 1 aromatic rings.